The lowest BCUT2D eigenvalue weighted by Gasteiger charge is -2.09. The fourth-order valence-electron chi connectivity index (χ4n) is 3.45. The number of allylic oxidation sites excluding steroid dienone is 1. The molecular weight excluding hydrogens is 334 g/mol. The first-order valence-electron chi connectivity index (χ1n) is 10.6. The van der Waals surface area contributed by atoms with Crippen LogP contribution in [0.5, 0.6) is 0 Å². The third-order valence-electron chi connectivity index (χ3n) is 4.91. The Balaban J connectivity index is 1.83. The number of carbonyl (C=O) groups excluding carboxylic acids is 1. The van der Waals surface area contributed by atoms with Gasteiger partial charge >= 0.3 is 0 Å². The highest BCUT2D eigenvalue weighted by Crippen LogP contribution is 2.19. The number of aromatic nitrogens is 2. The van der Waals surface area contributed by atoms with E-state index in [1.54, 1.807) is 12.2 Å². The average molecular weight is 370 g/mol. The lowest BCUT2D eigenvalue weighted by molar-refractivity contribution is -0.116. The number of nitrogens with one attached hydrogen (secondary N) is 1. The number of rotatable bonds is 13. The molecule has 2 rings (SSSR count). The van der Waals surface area contributed by atoms with Crippen LogP contribution in [0.25, 0.3) is 11.0 Å². The number of fused-ring (bicyclic) bond motifs is 1. The quantitative estimate of drug-likeness (QED) is 0.379. The lowest BCUT2D eigenvalue weighted by Crippen LogP contribution is -2.21. The molecule has 0 fully saturated rings. The number of amides is 1. The first kappa shape index (κ1) is 21.2. The van der Waals surface area contributed by atoms with Gasteiger partial charge in [0.05, 0.1) is 11.0 Å². The van der Waals surface area contributed by atoms with Crippen LogP contribution in [-0.2, 0) is 17.8 Å². The second-order valence-electron chi connectivity index (χ2n) is 7.18. The monoisotopic (exact) mass is 369 g/mol. The third-order valence-corrected chi connectivity index (χ3v) is 4.91. The van der Waals surface area contributed by atoms with E-state index in [0.717, 1.165) is 44.3 Å². The molecule has 0 saturated carbocycles. The highest BCUT2D eigenvalue weighted by Gasteiger charge is 2.09. The van der Waals surface area contributed by atoms with Gasteiger partial charge in [0.15, 0.2) is 0 Å². The molecule has 1 amide bonds. The van der Waals surface area contributed by atoms with Gasteiger partial charge in [-0.1, -0.05) is 57.2 Å². The van der Waals surface area contributed by atoms with Gasteiger partial charge in [0.25, 0.3) is 0 Å². The second-order valence-corrected chi connectivity index (χ2v) is 7.18. The highest BCUT2D eigenvalue weighted by atomic mass is 16.1. The summed E-state index contributed by atoms with van der Waals surface area (Å²) in [5.41, 5.74) is 2.38. The Hall–Kier alpha value is -2.10. The van der Waals surface area contributed by atoms with Crippen LogP contribution >= 0.6 is 0 Å². The predicted octanol–water partition coefficient (Wildman–Crippen LogP) is 5.41. The fraction of sp³-hybridized carbons (Fsp3) is 0.565. The molecule has 1 aromatic heterocycles. The highest BCUT2D eigenvalue weighted by molar-refractivity contribution is 5.87. The number of para-hydroxylation sites is 2. The molecule has 4 heteroatoms. The molecule has 0 bridgehead atoms. The lowest BCUT2D eigenvalue weighted by atomic mass is 10.1. The molecule has 0 aliphatic heterocycles. The van der Waals surface area contributed by atoms with Crippen LogP contribution < -0.4 is 5.32 Å². The normalized spacial score (nSPS) is 11.5. The minimum Gasteiger partial charge on any atom is -0.353 e. The third kappa shape index (κ3) is 7.20. The van der Waals surface area contributed by atoms with Gasteiger partial charge in [0.1, 0.15) is 5.82 Å². The van der Waals surface area contributed by atoms with Gasteiger partial charge in [-0.3, -0.25) is 4.79 Å². The maximum absolute atomic E-state index is 11.4. The van der Waals surface area contributed by atoms with Crippen LogP contribution in [0.15, 0.2) is 36.4 Å². The zero-order chi connectivity index (χ0) is 19.3. The van der Waals surface area contributed by atoms with Gasteiger partial charge in [-0.15, -0.1) is 0 Å². The molecular formula is C23H35N3O. The predicted molar refractivity (Wildman–Crippen MR) is 114 cm³/mol. The van der Waals surface area contributed by atoms with E-state index in [9.17, 15) is 4.79 Å². The molecule has 4 nitrogen and oxygen atoms in total. The summed E-state index contributed by atoms with van der Waals surface area (Å²) in [4.78, 5) is 16.3. The van der Waals surface area contributed by atoms with Gasteiger partial charge < -0.3 is 9.88 Å². The Kier molecular flexibility index (Phi) is 9.67. The molecule has 0 aliphatic rings. The summed E-state index contributed by atoms with van der Waals surface area (Å²) in [5, 5.41) is 2.91. The molecule has 0 saturated heterocycles. The standard InChI is InChI=1S/C23H35N3O/c1-3-5-6-7-13-19-26-21-16-11-10-15-20(21)25-22(26)17-9-8-12-18-24-23(27)14-4-2/h4,10-11,14-16H,3,5-9,12-13,17-19H2,1-2H3,(H,24,27)/b14-4+. The van der Waals surface area contributed by atoms with Crippen LogP contribution in [0.1, 0.15) is 71.0 Å². The maximum atomic E-state index is 11.4. The van der Waals surface area contributed by atoms with E-state index in [4.69, 9.17) is 4.98 Å². The number of hydrogen-bond donors (Lipinski definition) is 1. The fourth-order valence-corrected chi connectivity index (χ4v) is 3.45. The molecule has 2 aromatic rings. The van der Waals surface area contributed by atoms with Crippen molar-refractivity contribution < 1.29 is 4.79 Å². The van der Waals surface area contributed by atoms with E-state index in [-0.39, 0.29) is 5.91 Å². The SMILES string of the molecule is C/C=C/C(=O)NCCCCCc1nc2ccccc2n1CCCCCCC. The van der Waals surface area contributed by atoms with Crippen molar-refractivity contribution in [2.75, 3.05) is 6.54 Å². The van der Waals surface area contributed by atoms with Gasteiger partial charge in [-0.25, -0.2) is 4.98 Å². The van der Waals surface area contributed by atoms with Crippen LogP contribution in [0.2, 0.25) is 0 Å². The summed E-state index contributed by atoms with van der Waals surface area (Å²) in [5.74, 6) is 1.21. The van der Waals surface area contributed by atoms with Crippen molar-refractivity contribution in [1.29, 1.82) is 0 Å². The van der Waals surface area contributed by atoms with Gasteiger partial charge in [-0.05, 0) is 44.4 Å². The molecule has 0 spiro atoms. The Morgan fingerprint density at radius 2 is 1.85 bits per heavy atom. The zero-order valence-electron chi connectivity index (χ0n) is 17.0. The molecule has 148 valence electrons. The first-order valence-corrected chi connectivity index (χ1v) is 10.6. The topological polar surface area (TPSA) is 46.9 Å². The Morgan fingerprint density at radius 3 is 2.67 bits per heavy atom. The van der Waals surface area contributed by atoms with E-state index >= 15 is 0 Å². The van der Waals surface area contributed by atoms with Crippen molar-refractivity contribution in [2.45, 2.75) is 78.2 Å². The molecule has 1 aromatic carbocycles. The first-order chi connectivity index (χ1) is 13.3. The van der Waals surface area contributed by atoms with E-state index in [2.05, 4.69) is 41.1 Å². The zero-order valence-corrected chi connectivity index (χ0v) is 17.0. The van der Waals surface area contributed by atoms with Crippen molar-refractivity contribution >= 4 is 16.9 Å². The largest absolute Gasteiger partial charge is 0.353 e. The summed E-state index contributed by atoms with van der Waals surface area (Å²) >= 11 is 0. The van der Waals surface area contributed by atoms with Crippen LogP contribution in [0, 0.1) is 0 Å². The summed E-state index contributed by atoms with van der Waals surface area (Å²) in [6.07, 6.45) is 14.1. The number of benzene rings is 1. The van der Waals surface area contributed by atoms with Crippen molar-refractivity contribution in [1.82, 2.24) is 14.9 Å². The van der Waals surface area contributed by atoms with Gasteiger partial charge in [-0.2, -0.15) is 0 Å². The van der Waals surface area contributed by atoms with E-state index in [1.165, 1.54) is 43.4 Å². The smallest absolute Gasteiger partial charge is 0.243 e. The Labute approximate surface area is 164 Å². The van der Waals surface area contributed by atoms with E-state index in [0.29, 0.717) is 0 Å². The second kappa shape index (κ2) is 12.3. The summed E-state index contributed by atoms with van der Waals surface area (Å²) in [7, 11) is 0. The summed E-state index contributed by atoms with van der Waals surface area (Å²) < 4.78 is 2.43. The maximum Gasteiger partial charge on any atom is 0.243 e. The van der Waals surface area contributed by atoms with E-state index < -0.39 is 0 Å². The Bertz CT molecular complexity index is 717. The van der Waals surface area contributed by atoms with Crippen LogP contribution in [0.4, 0.5) is 0 Å². The van der Waals surface area contributed by atoms with Crippen molar-refractivity contribution in [3.8, 4) is 0 Å². The van der Waals surface area contributed by atoms with Crippen LogP contribution in [0.3, 0.4) is 0 Å². The van der Waals surface area contributed by atoms with Crippen molar-refractivity contribution in [3.05, 3.63) is 42.2 Å². The molecule has 1 heterocycles. The number of nitrogens with zero attached hydrogens (tertiary/aromatic N) is 2. The molecule has 0 unspecified atom stereocenters. The minimum atomic E-state index is 0.00219. The molecule has 0 radical (unpaired) electrons. The number of aryl methyl sites for hydroxylation is 2. The number of unbranched alkanes of at least 4 members (excludes halogenated alkanes) is 6. The van der Waals surface area contributed by atoms with Crippen molar-refractivity contribution in [3.63, 3.8) is 0 Å². The van der Waals surface area contributed by atoms with Crippen molar-refractivity contribution in [2.24, 2.45) is 0 Å². The molecule has 27 heavy (non-hydrogen) atoms. The average Bonchev–Trinajstić information content (AvgIpc) is 3.02. The van der Waals surface area contributed by atoms with Crippen LogP contribution in [-0.4, -0.2) is 22.0 Å². The number of carbonyl (C=O) groups is 1. The van der Waals surface area contributed by atoms with E-state index in [1.807, 2.05) is 6.92 Å². The van der Waals surface area contributed by atoms with Gasteiger partial charge in [0.2, 0.25) is 5.91 Å². The van der Waals surface area contributed by atoms with Gasteiger partial charge in [0, 0.05) is 19.5 Å². The summed E-state index contributed by atoms with van der Waals surface area (Å²) in [6, 6.07) is 8.48. The molecule has 0 atom stereocenters. The summed E-state index contributed by atoms with van der Waals surface area (Å²) in [6.45, 7) is 5.93. The molecule has 0 aliphatic carbocycles. The molecule has 1 N–H and O–H groups in total. The number of imidazole rings is 1. The number of hydrogen-bond acceptors (Lipinski definition) is 2. The minimum absolute atomic E-state index is 0.00219. The Morgan fingerprint density at radius 1 is 1.07 bits per heavy atom.